The molecule has 10 atom stereocenters. The van der Waals surface area contributed by atoms with Crippen LogP contribution in [0.4, 0.5) is 0 Å². The van der Waals surface area contributed by atoms with Crippen LogP contribution in [-0.2, 0) is 22.4 Å². The molecule has 6 rings (SSSR count). The zero-order valence-electron chi connectivity index (χ0n) is 27.4. The molecule has 1 aliphatic heterocycles. The number of fused-ring (bicyclic) bond motifs is 5. The molecule has 46 heavy (non-hydrogen) atoms. The van der Waals surface area contributed by atoms with Crippen LogP contribution in [0.25, 0.3) is 0 Å². The zero-order valence-corrected chi connectivity index (χ0v) is 27.4. The molecular weight excluding hydrogens is 582 g/mol. The van der Waals surface area contributed by atoms with Crippen molar-refractivity contribution in [1.29, 1.82) is 0 Å². The second kappa shape index (κ2) is 14.8. The SMILES string of the molecule is C[C@]12CC[C@@H]3c4ccc(O)cc4CC[C@H]3[C@@H]1C[C@H](CCCCCCCCC(=O)NC[C@H]1O[C@@H](CCc3cnc[nH]3)[C@H](O)[C@@H]1O)[C@@H]2O. The van der Waals surface area contributed by atoms with Crippen molar-refractivity contribution in [2.45, 2.75) is 140 Å². The standard InChI is InChI=1S/C37H55N3O6/c1-37-17-16-28-27-14-12-26(41)18-23(27)10-13-29(28)30(37)19-24(36(37)45)8-6-4-2-3-5-7-9-33(42)39-21-32-35(44)34(43)31(46-32)15-11-25-20-38-22-40-25/h12,14,18,20,22,24,28-32,34-36,41,43-45H,2-11,13,15-17,19,21H2,1H3,(H,38,40)(H,39,42)/t24-,28+,29+,30-,31-,32+,34-,35+,36-,37-/m0/s1. The maximum atomic E-state index is 12.4. The zero-order chi connectivity index (χ0) is 32.3. The number of aryl methyl sites for hydroxylation is 2. The highest BCUT2D eigenvalue weighted by atomic mass is 16.5. The average Bonchev–Trinajstić information content (AvgIpc) is 3.74. The maximum Gasteiger partial charge on any atom is 0.220 e. The molecule has 3 fully saturated rings. The number of aromatic amines is 1. The lowest BCUT2D eigenvalue weighted by Gasteiger charge is -2.50. The monoisotopic (exact) mass is 637 g/mol. The lowest BCUT2D eigenvalue weighted by molar-refractivity contribution is -0.122. The van der Waals surface area contributed by atoms with Gasteiger partial charge < -0.3 is 35.5 Å². The van der Waals surface area contributed by atoms with Crippen LogP contribution in [0.15, 0.2) is 30.7 Å². The van der Waals surface area contributed by atoms with Gasteiger partial charge in [0, 0.05) is 24.9 Å². The van der Waals surface area contributed by atoms with Gasteiger partial charge in [0.15, 0.2) is 0 Å². The predicted octanol–water partition coefficient (Wildman–Crippen LogP) is 4.92. The third kappa shape index (κ3) is 7.18. The summed E-state index contributed by atoms with van der Waals surface area (Å²) in [5, 5.41) is 45.1. The number of phenols is 1. The van der Waals surface area contributed by atoms with E-state index in [1.165, 1.54) is 24.0 Å². The molecule has 2 aromatic rings. The Morgan fingerprint density at radius 1 is 1.04 bits per heavy atom. The van der Waals surface area contributed by atoms with Crippen LogP contribution in [0.1, 0.15) is 113 Å². The maximum absolute atomic E-state index is 12.4. The molecule has 2 saturated carbocycles. The van der Waals surface area contributed by atoms with Crippen molar-refractivity contribution >= 4 is 5.91 Å². The molecule has 9 heteroatoms. The van der Waals surface area contributed by atoms with E-state index in [0.717, 1.165) is 69.9 Å². The van der Waals surface area contributed by atoms with Crippen molar-refractivity contribution < 1.29 is 30.0 Å². The minimum Gasteiger partial charge on any atom is -0.508 e. The molecule has 2 heterocycles. The molecule has 9 nitrogen and oxygen atoms in total. The molecule has 254 valence electrons. The first-order chi connectivity index (χ1) is 22.2. The second-order valence-electron chi connectivity index (χ2n) is 15.1. The van der Waals surface area contributed by atoms with Gasteiger partial charge in [-0.2, -0.15) is 0 Å². The molecule has 4 aliphatic rings. The van der Waals surface area contributed by atoms with Crippen LogP contribution in [0.2, 0.25) is 0 Å². The molecule has 1 aromatic carbocycles. The van der Waals surface area contributed by atoms with E-state index in [9.17, 15) is 25.2 Å². The van der Waals surface area contributed by atoms with Gasteiger partial charge in [-0.15, -0.1) is 0 Å². The number of hydrogen-bond donors (Lipinski definition) is 6. The van der Waals surface area contributed by atoms with Crippen molar-refractivity contribution in [3.8, 4) is 5.75 Å². The minimum atomic E-state index is -1.01. The van der Waals surface area contributed by atoms with Crippen molar-refractivity contribution in [3.63, 3.8) is 0 Å². The molecule has 1 aromatic heterocycles. The number of carbonyl (C=O) groups is 1. The molecule has 0 bridgehead atoms. The first-order valence-electron chi connectivity index (χ1n) is 18.0. The van der Waals surface area contributed by atoms with Gasteiger partial charge in [-0.1, -0.05) is 45.1 Å². The van der Waals surface area contributed by atoms with Gasteiger partial charge in [0.25, 0.3) is 0 Å². The summed E-state index contributed by atoms with van der Waals surface area (Å²) in [6, 6.07) is 5.97. The van der Waals surface area contributed by atoms with Crippen molar-refractivity contribution in [3.05, 3.63) is 47.5 Å². The van der Waals surface area contributed by atoms with Crippen LogP contribution < -0.4 is 5.32 Å². The largest absolute Gasteiger partial charge is 0.508 e. The number of unbranched alkanes of at least 4 members (excludes halogenated alkanes) is 5. The summed E-state index contributed by atoms with van der Waals surface area (Å²) in [5.74, 6) is 2.53. The van der Waals surface area contributed by atoms with E-state index in [2.05, 4.69) is 28.3 Å². The summed E-state index contributed by atoms with van der Waals surface area (Å²) in [6.07, 6.45) is 14.9. The summed E-state index contributed by atoms with van der Waals surface area (Å²) in [4.78, 5) is 19.4. The molecule has 1 saturated heterocycles. The first-order valence-corrected chi connectivity index (χ1v) is 18.0. The van der Waals surface area contributed by atoms with Crippen LogP contribution in [0, 0.1) is 23.2 Å². The number of rotatable bonds is 14. The first kappa shape index (κ1) is 33.4. The lowest BCUT2D eigenvalue weighted by Crippen LogP contribution is -2.44. The normalized spacial score (nSPS) is 35.0. The Kier molecular flexibility index (Phi) is 10.7. The molecule has 0 spiro atoms. The van der Waals surface area contributed by atoms with Gasteiger partial charge in [-0.3, -0.25) is 4.79 Å². The Balaban J connectivity index is 0.835. The summed E-state index contributed by atoms with van der Waals surface area (Å²) in [7, 11) is 0. The number of aromatic hydroxyl groups is 1. The summed E-state index contributed by atoms with van der Waals surface area (Å²) < 4.78 is 5.86. The highest BCUT2D eigenvalue weighted by Crippen LogP contribution is 2.62. The van der Waals surface area contributed by atoms with Gasteiger partial charge >= 0.3 is 0 Å². The second-order valence-corrected chi connectivity index (χ2v) is 15.1. The number of nitrogens with zero attached hydrogens (tertiary/aromatic N) is 1. The molecule has 1 amide bonds. The Morgan fingerprint density at radius 3 is 2.63 bits per heavy atom. The van der Waals surface area contributed by atoms with Gasteiger partial charge in [-0.25, -0.2) is 4.98 Å². The molecular formula is C37H55N3O6. The van der Waals surface area contributed by atoms with Gasteiger partial charge in [-0.05, 0) is 110 Å². The van der Waals surface area contributed by atoms with Crippen molar-refractivity contribution in [2.75, 3.05) is 6.54 Å². The number of carbonyl (C=O) groups excluding carboxylic acids is 1. The third-order valence-corrected chi connectivity index (χ3v) is 12.3. The molecule has 6 N–H and O–H groups in total. The smallest absolute Gasteiger partial charge is 0.220 e. The highest BCUT2D eigenvalue weighted by molar-refractivity contribution is 5.75. The van der Waals surface area contributed by atoms with Crippen molar-refractivity contribution in [1.82, 2.24) is 15.3 Å². The van der Waals surface area contributed by atoms with Crippen LogP contribution >= 0.6 is 0 Å². The number of amides is 1. The number of aliphatic hydroxyl groups excluding tert-OH is 3. The number of benzene rings is 1. The number of imidazole rings is 1. The quantitative estimate of drug-likeness (QED) is 0.161. The van der Waals surface area contributed by atoms with E-state index in [4.69, 9.17) is 4.74 Å². The van der Waals surface area contributed by atoms with Crippen LogP contribution in [0.5, 0.6) is 5.75 Å². The Bertz CT molecular complexity index is 1290. The molecule has 0 radical (unpaired) electrons. The predicted molar refractivity (Wildman–Crippen MR) is 175 cm³/mol. The van der Waals surface area contributed by atoms with E-state index in [1.54, 1.807) is 12.5 Å². The van der Waals surface area contributed by atoms with E-state index in [0.29, 0.717) is 48.7 Å². The number of aromatic nitrogens is 2. The Labute approximate surface area is 273 Å². The topological polar surface area (TPSA) is 148 Å². The summed E-state index contributed by atoms with van der Waals surface area (Å²) in [6.45, 7) is 2.55. The number of ether oxygens (including phenoxy) is 1. The van der Waals surface area contributed by atoms with E-state index in [-0.39, 0.29) is 24.0 Å². The third-order valence-electron chi connectivity index (χ3n) is 12.3. The van der Waals surface area contributed by atoms with E-state index < -0.39 is 24.4 Å². The van der Waals surface area contributed by atoms with E-state index in [1.807, 2.05) is 12.1 Å². The fraction of sp³-hybridized carbons (Fsp3) is 0.730. The van der Waals surface area contributed by atoms with E-state index >= 15 is 0 Å². The Hall–Kier alpha value is -2.46. The van der Waals surface area contributed by atoms with Gasteiger partial charge in [0.1, 0.15) is 24.1 Å². The number of phenolic OH excluding ortho intramolecular Hbond substituents is 1. The fourth-order valence-corrected chi connectivity index (χ4v) is 9.65. The summed E-state index contributed by atoms with van der Waals surface area (Å²) >= 11 is 0. The lowest BCUT2D eigenvalue weighted by atomic mass is 9.55. The minimum absolute atomic E-state index is 0.0326. The number of aliphatic hydroxyl groups is 3. The molecule has 3 aliphatic carbocycles. The Morgan fingerprint density at radius 2 is 1.83 bits per heavy atom. The number of hydrogen-bond acceptors (Lipinski definition) is 7. The average molecular weight is 638 g/mol. The fourth-order valence-electron chi connectivity index (χ4n) is 9.65. The highest BCUT2D eigenvalue weighted by Gasteiger charge is 2.57. The number of nitrogens with one attached hydrogen (secondary N) is 2. The van der Waals surface area contributed by atoms with Crippen LogP contribution in [0.3, 0.4) is 0 Å². The molecule has 0 unspecified atom stereocenters. The summed E-state index contributed by atoms with van der Waals surface area (Å²) in [5.41, 5.74) is 3.76. The number of H-pyrrole nitrogens is 1. The van der Waals surface area contributed by atoms with Gasteiger partial charge in [0.05, 0.1) is 18.5 Å². The van der Waals surface area contributed by atoms with Gasteiger partial charge in [0.2, 0.25) is 5.91 Å². The van der Waals surface area contributed by atoms with Crippen molar-refractivity contribution in [2.24, 2.45) is 23.2 Å². The van der Waals surface area contributed by atoms with Crippen LogP contribution in [-0.4, -0.2) is 73.4 Å².